The highest BCUT2D eigenvalue weighted by Crippen LogP contribution is 2.24. The van der Waals surface area contributed by atoms with Gasteiger partial charge >= 0.3 is 0 Å². The first kappa shape index (κ1) is 17.0. The van der Waals surface area contributed by atoms with E-state index in [2.05, 4.69) is 0 Å². The SMILES string of the molecule is CN(Cc1ccccc1F)C(=O)c1ccccc1SCC(N)=O. The first-order chi connectivity index (χ1) is 11.0. The molecule has 23 heavy (non-hydrogen) atoms. The van der Waals surface area contributed by atoms with Crippen LogP contribution >= 0.6 is 11.8 Å². The second kappa shape index (κ2) is 7.78. The Kier molecular flexibility index (Phi) is 5.76. The van der Waals surface area contributed by atoms with Gasteiger partial charge in [-0.3, -0.25) is 9.59 Å². The van der Waals surface area contributed by atoms with Crippen molar-refractivity contribution in [3.63, 3.8) is 0 Å². The molecule has 4 nitrogen and oxygen atoms in total. The molecular weight excluding hydrogens is 315 g/mol. The van der Waals surface area contributed by atoms with Crippen molar-refractivity contribution >= 4 is 23.6 Å². The number of nitrogens with two attached hydrogens (primary N) is 1. The molecule has 2 aromatic rings. The number of rotatable bonds is 6. The fourth-order valence-electron chi connectivity index (χ4n) is 2.08. The predicted molar refractivity (Wildman–Crippen MR) is 88.6 cm³/mol. The van der Waals surface area contributed by atoms with Crippen LogP contribution in [-0.2, 0) is 11.3 Å². The number of hydrogen-bond donors (Lipinski definition) is 1. The third-order valence-electron chi connectivity index (χ3n) is 3.20. The Morgan fingerprint density at radius 3 is 2.48 bits per heavy atom. The number of hydrogen-bond acceptors (Lipinski definition) is 3. The van der Waals surface area contributed by atoms with Gasteiger partial charge in [0, 0.05) is 24.1 Å². The zero-order valence-corrected chi connectivity index (χ0v) is 13.5. The van der Waals surface area contributed by atoms with E-state index in [9.17, 15) is 14.0 Å². The first-order valence-electron chi connectivity index (χ1n) is 6.98. The lowest BCUT2D eigenvalue weighted by Crippen LogP contribution is -2.27. The number of carbonyl (C=O) groups excluding carboxylic acids is 2. The van der Waals surface area contributed by atoms with Crippen LogP contribution < -0.4 is 5.73 Å². The molecule has 0 heterocycles. The molecule has 0 fully saturated rings. The highest BCUT2D eigenvalue weighted by Gasteiger charge is 2.17. The van der Waals surface area contributed by atoms with Crippen molar-refractivity contribution in [3.05, 3.63) is 65.5 Å². The van der Waals surface area contributed by atoms with Gasteiger partial charge in [-0.1, -0.05) is 30.3 Å². The summed E-state index contributed by atoms with van der Waals surface area (Å²) in [5.41, 5.74) is 6.07. The molecule has 0 saturated heterocycles. The monoisotopic (exact) mass is 332 g/mol. The molecule has 0 aliphatic rings. The average Bonchev–Trinajstić information content (AvgIpc) is 2.54. The predicted octanol–water partition coefficient (Wildman–Crippen LogP) is 2.68. The van der Waals surface area contributed by atoms with E-state index in [1.165, 1.54) is 22.7 Å². The Hall–Kier alpha value is -2.34. The minimum atomic E-state index is -0.447. The third kappa shape index (κ3) is 4.56. The smallest absolute Gasteiger partial charge is 0.255 e. The van der Waals surface area contributed by atoms with Gasteiger partial charge in [0.2, 0.25) is 5.91 Å². The molecular formula is C17H17FN2O2S. The lowest BCUT2D eigenvalue weighted by molar-refractivity contribution is -0.115. The van der Waals surface area contributed by atoms with Crippen LogP contribution in [0.15, 0.2) is 53.4 Å². The highest BCUT2D eigenvalue weighted by molar-refractivity contribution is 8.00. The fraction of sp³-hybridized carbons (Fsp3) is 0.176. The van der Waals surface area contributed by atoms with Gasteiger partial charge in [-0.15, -0.1) is 11.8 Å². The third-order valence-corrected chi connectivity index (χ3v) is 4.30. The molecule has 2 rings (SSSR count). The van der Waals surface area contributed by atoms with Crippen LogP contribution in [0.3, 0.4) is 0 Å². The molecule has 0 unspecified atom stereocenters. The topological polar surface area (TPSA) is 63.4 Å². The number of halogens is 1. The zero-order valence-electron chi connectivity index (χ0n) is 12.7. The van der Waals surface area contributed by atoms with Crippen molar-refractivity contribution in [2.45, 2.75) is 11.4 Å². The van der Waals surface area contributed by atoms with Crippen LogP contribution in [0.4, 0.5) is 4.39 Å². The van der Waals surface area contributed by atoms with Gasteiger partial charge in [0.25, 0.3) is 5.91 Å². The lowest BCUT2D eigenvalue weighted by atomic mass is 10.1. The highest BCUT2D eigenvalue weighted by atomic mass is 32.2. The lowest BCUT2D eigenvalue weighted by Gasteiger charge is -2.19. The maximum absolute atomic E-state index is 13.7. The largest absolute Gasteiger partial charge is 0.369 e. The van der Waals surface area contributed by atoms with Crippen molar-refractivity contribution in [2.75, 3.05) is 12.8 Å². The zero-order chi connectivity index (χ0) is 16.8. The van der Waals surface area contributed by atoms with Crippen molar-refractivity contribution in [3.8, 4) is 0 Å². The Morgan fingerprint density at radius 2 is 1.78 bits per heavy atom. The van der Waals surface area contributed by atoms with Crippen molar-refractivity contribution < 1.29 is 14.0 Å². The van der Waals surface area contributed by atoms with E-state index in [0.29, 0.717) is 16.0 Å². The van der Waals surface area contributed by atoms with Gasteiger partial charge in [0.15, 0.2) is 0 Å². The number of carbonyl (C=O) groups is 2. The van der Waals surface area contributed by atoms with E-state index in [4.69, 9.17) is 5.73 Å². The fourth-order valence-corrected chi connectivity index (χ4v) is 2.86. The van der Waals surface area contributed by atoms with Gasteiger partial charge < -0.3 is 10.6 Å². The molecule has 0 aliphatic carbocycles. The number of thioether (sulfide) groups is 1. The first-order valence-corrected chi connectivity index (χ1v) is 7.96. The van der Waals surface area contributed by atoms with Gasteiger partial charge in [-0.05, 0) is 18.2 Å². The van der Waals surface area contributed by atoms with Gasteiger partial charge in [0.05, 0.1) is 11.3 Å². The van der Waals surface area contributed by atoms with E-state index in [1.54, 1.807) is 49.5 Å². The van der Waals surface area contributed by atoms with Crippen LogP contribution in [0.1, 0.15) is 15.9 Å². The summed E-state index contributed by atoms with van der Waals surface area (Å²) in [7, 11) is 1.62. The van der Waals surface area contributed by atoms with Gasteiger partial charge in [-0.25, -0.2) is 4.39 Å². The van der Waals surface area contributed by atoms with Crippen molar-refractivity contribution in [1.82, 2.24) is 4.90 Å². The van der Waals surface area contributed by atoms with E-state index in [0.717, 1.165) is 0 Å². The summed E-state index contributed by atoms with van der Waals surface area (Å²) in [6, 6.07) is 13.3. The molecule has 120 valence electrons. The molecule has 0 radical (unpaired) electrons. The number of amides is 2. The van der Waals surface area contributed by atoms with Gasteiger partial charge in [0.1, 0.15) is 5.82 Å². The standard InChI is InChI=1S/C17H17FN2O2S/c1-20(10-12-6-2-4-8-14(12)18)17(22)13-7-3-5-9-15(13)23-11-16(19)21/h2-9H,10-11H2,1H3,(H2,19,21). The van der Waals surface area contributed by atoms with Crippen LogP contribution in [-0.4, -0.2) is 29.5 Å². The van der Waals surface area contributed by atoms with E-state index in [1.807, 2.05) is 0 Å². The second-order valence-electron chi connectivity index (χ2n) is 5.00. The summed E-state index contributed by atoms with van der Waals surface area (Å²) >= 11 is 1.21. The summed E-state index contributed by atoms with van der Waals surface area (Å²) in [5.74, 6) is -0.928. The van der Waals surface area contributed by atoms with Crippen LogP contribution in [0.5, 0.6) is 0 Å². The average molecular weight is 332 g/mol. The van der Waals surface area contributed by atoms with Crippen LogP contribution in [0.25, 0.3) is 0 Å². The molecule has 2 aromatic carbocycles. The number of nitrogens with zero attached hydrogens (tertiary/aromatic N) is 1. The van der Waals surface area contributed by atoms with Crippen LogP contribution in [0.2, 0.25) is 0 Å². The molecule has 0 spiro atoms. The second-order valence-corrected chi connectivity index (χ2v) is 6.02. The Balaban J connectivity index is 2.16. The van der Waals surface area contributed by atoms with Crippen molar-refractivity contribution in [1.29, 1.82) is 0 Å². The van der Waals surface area contributed by atoms with E-state index >= 15 is 0 Å². The molecule has 0 aliphatic heterocycles. The molecule has 0 atom stereocenters. The molecule has 0 aromatic heterocycles. The molecule has 0 bridgehead atoms. The maximum atomic E-state index is 13.7. The molecule has 2 N–H and O–H groups in total. The molecule has 2 amide bonds. The Bertz CT molecular complexity index is 721. The molecule has 6 heteroatoms. The van der Waals surface area contributed by atoms with E-state index in [-0.39, 0.29) is 24.0 Å². The molecule has 0 saturated carbocycles. The Morgan fingerprint density at radius 1 is 1.13 bits per heavy atom. The summed E-state index contributed by atoms with van der Waals surface area (Å²) in [6.45, 7) is 0.167. The Labute approximate surface area is 138 Å². The normalized spacial score (nSPS) is 10.3. The maximum Gasteiger partial charge on any atom is 0.255 e. The summed E-state index contributed by atoms with van der Waals surface area (Å²) < 4.78 is 13.7. The number of primary amides is 1. The van der Waals surface area contributed by atoms with Crippen LogP contribution in [0, 0.1) is 5.82 Å². The minimum Gasteiger partial charge on any atom is -0.369 e. The summed E-state index contributed by atoms with van der Waals surface area (Å²) in [5, 5.41) is 0. The quantitative estimate of drug-likeness (QED) is 0.827. The van der Waals surface area contributed by atoms with Crippen molar-refractivity contribution in [2.24, 2.45) is 5.73 Å². The van der Waals surface area contributed by atoms with E-state index < -0.39 is 5.91 Å². The van der Waals surface area contributed by atoms with Gasteiger partial charge in [-0.2, -0.15) is 0 Å². The summed E-state index contributed by atoms with van der Waals surface area (Å²) in [6.07, 6.45) is 0. The summed E-state index contributed by atoms with van der Waals surface area (Å²) in [4.78, 5) is 25.7. The minimum absolute atomic E-state index is 0.0985. The number of benzene rings is 2.